The van der Waals surface area contributed by atoms with Crippen molar-refractivity contribution in [3.8, 4) is 28.5 Å². The molecule has 0 unspecified atom stereocenters. The van der Waals surface area contributed by atoms with Gasteiger partial charge in [-0.25, -0.2) is 14.8 Å². The first-order valence-corrected chi connectivity index (χ1v) is 11.6. The number of benzene rings is 2. The molecule has 0 spiro atoms. The summed E-state index contributed by atoms with van der Waals surface area (Å²) in [5.41, 5.74) is 3.90. The topological polar surface area (TPSA) is 90.6 Å². The first-order valence-electron chi connectivity index (χ1n) is 11.2. The number of hydrogen-bond acceptors (Lipinski definition) is 8. The van der Waals surface area contributed by atoms with Crippen molar-refractivity contribution in [1.29, 1.82) is 0 Å². The van der Waals surface area contributed by atoms with E-state index in [9.17, 15) is 4.79 Å². The molecular weight excluding hydrogens is 468 g/mol. The third-order valence-electron chi connectivity index (χ3n) is 5.86. The van der Waals surface area contributed by atoms with Gasteiger partial charge >= 0.3 is 5.97 Å². The van der Waals surface area contributed by atoms with Crippen molar-refractivity contribution >= 4 is 23.4 Å². The smallest absolute Gasteiger partial charge is 0.343 e. The summed E-state index contributed by atoms with van der Waals surface area (Å²) in [5, 5.41) is 4.98. The first kappa shape index (κ1) is 22.9. The zero-order valence-electron chi connectivity index (χ0n) is 19.3. The Bertz CT molecular complexity index is 1350. The van der Waals surface area contributed by atoms with Gasteiger partial charge in [0.05, 0.1) is 20.3 Å². The van der Waals surface area contributed by atoms with E-state index in [1.807, 2.05) is 53.4 Å². The molecule has 1 aliphatic rings. The van der Waals surface area contributed by atoms with Gasteiger partial charge in [0.2, 0.25) is 0 Å². The molecule has 0 bridgehead atoms. The first-order chi connectivity index (χ1) is 17.1. The van der Waals surface area contributed by atoms with Gasteiger partial charge in [-0.05, 0) is 61.9 Å². The molecule has 0 amide bonds. The van der Waals surface area contributed by atoms with Gasteiger partial charge in [-0.1, -0.05) is 16.8 Å². The summed E-state index contributed by atoms with van der Waals surface area (Å²) in [6.07, 6.45) is 2.21. The van der Waals surface area contributed by atoms with E-state index < -0.39 is 5.97 Å². The lowest BCUT2D eigenvalue weighted by Crippen LogP contribution is -2.32. The van der Waals surface area contributed by atoms with E-state index >= 15 is 0 Å². The van der Waals surface area contributed by atoms with E-state index in [1.54, 1.807) is 14.0 Å². The van der Waals surface area contributed by atoms with Crippen LogP contribution in [0.15, 0.2) is 59.3 Å². The molecule has 9 heteroatoms. The number of fused-ring (bicyclic) bond motifs is 1. The van der Waals surface area contributed by atoms with Crippen LogP contribution in [0.1, 0.15) is 28.5 Å². The highest BCUT2D eigenvalue weighted by Gasteiger charge is 2.29. The summed E-state index contributed by atoms with van der Waals surface area (Å²) < 4.78 is 16.2. The molecule has 1 aliphatic heterocycles. The minimum Gasteiger partial charge on any atom is -0.497 e. The van der Waals surface area contributed by atoms with Crippen LogP contribution in [-0.4, -0.2) is 41.4 Å². The fourth-order valence-electron chi connectivity index (χ4n) is 4.09. The summed E-state index contributed by atoms with van der Waals surface area (Å²) >= 11 is 6.03. The highest BCUT2D eigenvalue weighted by Crippen LogP contribution is 2.34. The number of ether oxygens (including phenoxy) is 2. The lowest BCUT2D eigenvalue weighted by atomic mass is 10.0. The van der Waals surface area contributed by atoms with Gasteiger partial charge in [-0.15, -0.1) is 0 Å². The van der Waals surface area contributed by atoms with E-state index in [4.69, 9.17) is 30.6 Å². The van der Waals surface area contributed by atoms with Crippen molar-refractivity contribution < 1.29 is 18.8 Å². The molecule has 178 valence electrons. The maximum atomic E-state index is 12.7. The Morgan fingerprint density at radius 3 is 2.57 bits per heavy atom. The van der Waals surface area contributed by atoms with Crippen molar-refractivity contribution in [2.45, 2.75) is 19.9 Å². The summed E-state index contributed by atoms with van der Waals surface area (Å²) in [6, 6.07) is 14.9. The second-order valence-electron chi connectivity index (χ2n) is 8.00. The number of methoxy groups -OCH3 is 1. The Morgan fingerprint density at radius 2 is 1.86 bits per heavy atom. The SMILES string of the molecule is CCOC(=O)c1cnc(-c2ccc(OC)cc2)nc1N1CCc2c(noc2-c2ccc(Cl)cc2)C1. The van der Waals surface area contributed by atoms with E-state index in [2.05, 4.69) is 10.1 Å². The van der Waals surface area contributed by atoms with Gasteiger partial charge < -0.3 is 18.9 Å². The predicted octanol–water partition coefficient (Wildman–Crippen LogP) is 5.20. The predicted molar refractivity (Wildman–Crippen MR) is 132 cm³/mol. The molecule has 0 saturated carbocycles. The number of rotatable bonds is 6. The molecule has 0 atom stereocenters. The van der Waals surface area contributed by atoms with E-state index in [0.29, 0.717) is 41.7 Å². The Labute approximate surface area is 207 Å². The maximum Gasteiger partial charge on any atom is 0.343 e. The Kier molecular flexibility index (Phi) is 6.37. The highest BCUT2D eigenvalue weighted by atomic mass is 35.5. The minimum atomic E-state index is -0.461. The Balaban J connectivity index is 1.49. The van der Waals surface area contributed by atoms with E-state index in [0.717, 1.165) is 33.9 Å². The second-order valence-corrected chi connectivity index (χ2v) is 8.43. The third-order valence-corrected chi connectivity index (χ3v) is 6.11. The van der Waals surface area contributed by atoms with E-state index in [-0.39, 0.29) is 6.61 Å². The molecule has 0 radical (unpaired) electrons. The summed E-state index contributed by atoms with van der Waals surface area (Å²) in [4.78, 5) is 23.9. The molecular formula is C26H23ClN4O4. The van der Waals surface area contributed by atoms with Crippen LogP contribution in [-0.2, 0) is 17.7 Å². The molecule has 0 N–H and O–H groups in total. The average molecular weight is 491 g/mol. The van der Waals surface area contributed by atoms with Crippen LogP contribution in [0.25, 0.3) is 22.7 Å². The molecule has 35 heavy (non-hydrogen) atoms. The largest absolute Gasteiger partial charge is 0.497 e. The zero-order valence-corrected chi connectivity index (χ0v) is 20.1. The molecule has 2 aromatic heterocycles. The van der Waals surface area contributed by atoms with Crippen molar-refractivity contribution in [3.05, 3.63) is 76.6 Å². The van der Waals surface area contributed by atoms with Crippen LogP contribution in [0, 0.1) is 0 Å². The summed E-state index contributed by atoms with van der Waals surface area (Å²) in [6.45, 7) is 3.10. The van der Waals surface area contributed by atoms with Gasteiger partial charge in [-0.2, -0.15) is 0 Å². The van der Waals surface area contributed by atoms with Gasteiger partial charge in [0.25, 0.3) is 0 Å². The lowest BCUT2D eigenvalue weighted by molar-refractivity contribution is 0.0526. The number of carbonyl (C=O) groups excluding carboxylic acids is 1. The molecule has 2 aromatic carbocycles. The molecule has 0 saturated heterocycles. The fourth-order valence-corrected chi connectivity index (χ4v) is 4.21. The maximum absolute atomic E-state index is 12.7. The van der Waals surface area contributed by atoms with Gasteiger partial charge in [0.1, 0.15) is 22.8 Å². The number of carbonyl (C=O) groups is 1. The van der Waals surface area contributed by atoms with Crippen molar-refractivity contribution in [3.63, 3.8) is 0 Å². The van der Waals surface area contributed by atoms with E-state index in [1.165, 1.54) is 6.20 Å². The Hall–Kier alpha value is -3.91. The highest BCUT2D eigenvalue weighted by molar-refractivity contribution is 6.30. The molecule has 0 aliphatic carbocycles. The molecule has 3 heterocycles. The van der Waals surface area contributed by atoms with Crippen LogP contribution < -0.4 is 9.64 Å². The van der Waals surface area contributed by atoms with Crippen LogP contribution in [0.3, 0.4) is 0 Å². The number of esters is 1. The van der Waals surface area contributed by atoms with Gasteiger partial charge in [0, 0.05) is 34.5 Å². The van der Waals surface area contributed by atoms with Crippen LogP contribution in [0.5, 0.6) is 5.75 Å². The quantitative estimate of drug-likeness (QED) is 0.341. The normalized spacial score (nSPS) is 12.8. The zero-order chi connectivity index (χ0) is 24.4. The number of aromatic nitrogens is 3. The second kappa shape index (κ2) is 9.76. The number of halogens is 1. The number of hydrogen-bond donors (Lipinski definition) is 0. The standard InChI is InChI=1S/C26H23ClN4O4/c1-3-34-26(32)21-14-28-24(17-6-10-19(33-2)11-7-17)29-25(21)31-13-12-20-22(15-31)30-35-23(20)16-4-8-18(27)9-5-16/h4-11,14H,3,12-13,15H2,1-2H3. The number of anilines is 1. The van der Waals surface area contributed by atoms with Crippen LogP contribution in [0.2, 0.25) is 5.02 Å². The van der Waals surface area contributed by atoms with Crippen LogP contribution >= 0.6 is 11.6 Å². The monoisotopic (exact) mass is 490 g/mol. The van der Waals surface area contributed by atoms with Crippen molar-refractivity contribution in [1.82, 2.24) is 15.1 Å². The Morgan fingerprint density at radius 1 is 1.11 bits per heavy atom. The fraction of sp³-hybridized carbons (Fsp3) is 0.231. The minimum absolute atomic E-state index is 0.260. The molecule has 8 nitrogen and oxygen atoms in total. The lowest BCUT2D eigenvalue weighted by Gasteiger charge is -2.28. The van der Waals surface area contributed by atoms with Gasteiger partial charge in [0.15, 0.2) is 11.6 Å². The number of nitrogens with zero attached hydrogens (tertiary/aromatic N) is 4. The molecule has 0 fully saturated rings. The summed E-state index contributed by atoms with van der Waals surface area (Å²) in [5.74, 6) is 2.03. The van der Waals surface area contributed by atoms with Crippen molar-refractivity contribution in [2.75, 3.05) is 25.2 Å². The molecule has 5 rings (SSSR count). The average Bonchev–Trinajstić information content (AvgIpc) is 3.32. The van der Waals surface area contributed by atoms with Crippen molar-refractivity contribution in [2.24, 2.45) is 0 Å². The van der Waals surface area contributed by atoms with Crippen LogP contribution in [0.4, 0.5) is 5.82 Å². The van der Waals surface area contributed by atoms with Gasteiger partial charge in [-0.3, -0.25) is 0 Å². The summed E-state index contributed by atoms with van der Waals surface area (Å²) in [7, 11) is 1.62. The molecule has 4 aromatic rings. The third kappa shape index (κ3) is 4.57.